The number of nitrogens with one attached hydrogen (secondary N) is 1. The topological polar surface area (TPSA) is 80.7 Å². The Bertz CT molecular complexity index is 910. The summed E-state index contributed by atoms with van der Waals surface area (Å²) in [5.41, 5.74) is -0.746. The zero-order chi connectivity index (χ0) is 22.6. The van der Waals surface area contributed by atoms with Crippen LogP contribution in [0.15, 0.2) is 36.5 Å². The van der Waals surface area contributed by atoms with Crippen molar-refractivity contribution in [2.75, 3.05) is 26.9 Å². The second-order valence-corrected chi connectivity index (χ2v) is 7.81. The van der Waals surface area contributed by atoms with Gasteiger partial charge in [0.1, 0.15) is 6.61 Å². The Morgan fingerprint density at radius 3 is 2.48 bits per heavy atom. The van der Waals surface area contributed by atoms with E-state index in [1.807, 2.05) is 0 Å². The number of pyridine rings is 1. The molecular weight excluding hydrogens is 413 g/mol. The molecule has 31 heavy (non-hydrogen) atoms. The molecule has 0 bridgehead atoms. The van der Waals surface area contributed by atoms with E-state index in [4.69, 9.17) is 9.47 Å². The van der Waals surface area contributed by atoms with E-state index in [9.17, 15) is 23.1 Å². The van der Waals surface area contributed by atoms with Crippen molar-refractivity contribution in [3.8, 4) is 17.0 Å². The van der Waals surface area contributed by atoms with E-state index in [1.165, 1.54) is 31.5 Å². The van der Waals surface area contributed by atoms with Gasteiger partial charge in [-0.1, -0.05) is 12.1 Å². The summed E-state index contributed by atoms with van der Waals surface area (Å²) in [7, 11) is 1.51. The lowest BCUT2D eigenvalue weighted by Gasteiger charge is -2.23. The Hall–Kier alpha value is -2.65. The van der Waals surface area contributed by atoms with Crippen LogP contribution in [0.2, 0.25) is 0 Å². The van der Waals surface area contributed by atoms with E-state index >= 15 is 0 Å². The van der Waals surface area contributed by atoms with Gasteiger partial charge in [0.2, 0.25) is 5.88 Å². The molecule has 1 atom stereocenters. The molecule has 1 aromatic heterocycles. The van der Waals surface area contributed by atoms with Crippen molar-refractivity contribution < 1.29 is 32.5 Å². The highest BCUT2D eigenvalue weighted by molar-refractivity contribution is 5.95. The van der Waals surface area contributed by atoms with E-state index in [-0.39, 0.29) is 30.5 Å². The van der Waals surface area contributed by atoms with Crippen LogP contribution in [0.3, 0.4) is 0 Å². The number of aliphatic hydroxyl groups is 1. The number of methoxy groups -OCH3 is 1. The van der Waals surface area contributed by atoms with Gasteiger partial charge in [-0.15, -0.1) is 0 Å². The number of hydrogen-bond donors (Lipinski definition) is 2. The first kappa shape index (κ1) is 23.0. The summed E-state index contributed by atoms with van der Waals surface area (Å²) in [6, 6.07) is 6.06. The molecule has 1 fully saturated rings. The van der Waals surface area contributed by atoms with Gasteiger partial charge < -0.3 is 19.9 Å². The molecule has 0 unspecified atom stereocenters. The van der Waals surface area contributed by atoms with Crippen molar-refractivity contribution in [2.45, 2.75) is 31.5 Å². The fraction of sp³-hybridized carbons (Fsp3) is 0.455. The van der Waals surface area contributed by atoms with Crippen LogP contribution in [0, 0.1) is 5.92 Å². The molecule has 9 heteroatoms. The molecule has 0 saturated heterocycles. The van der Waals surface area contributed by atoms with Crippen LogP contribution in [-0.4, -0.2) is 48.5 Å². The molecule has 168 valence electrons. The summed E-state index contributed by atoms with van der Waals surface area (Å²) >= 11 is 0. The van der Waals surface area contributed by atoms with Crippen molar-refractivity contribution in [3.63, 3.8) is 0 Å². The first-order valence-corrected chi connectivity index (χ1v) is 9.92. The van der Waals surface area contributed by atoms with Gasteiger partial charge in [-0.3, -0.25) is 4.79 Å². The number of halogens is 3. The highest BCUT2D eigenvalue weighted by Gasteiger charge is 2.40. The minimum atomic E-state index is -4.45. The molecule has 3 rings (SSSR count). The molecule has 6 nitrogen and oxygen atoms in total. The van der Waals surface area contributed by atoms with Crippen molar-refractivity contribution in [1.29, 1.82) is 0 Å². The van der Waals surface area contributed by atoms with Crippen LogP contribution < -0.4 is 10.1 Å². The minimum Gasteiger partial charge on any atom is -0.475 e. The van der Waals surface area contributed by atoms with Crippen molar-refractivity contribution in [2.24, 2.45) is 5.92 Å². The normalized spacial score (nSPS) is 15.9. The van der Waals surface area contributed by atoms with Gasteiger partial charge in [0.05, 0.1) is 23.3 Å². The number of alkyl halides is 3. The quantitative estimate of drug-likeness (QED) is 0.584. The van der Waals surface area contributed by atoms with Gasteiger partial charge in [0.15, 0.2) is 0 Å². The molecule has 1 aromatic carbocycles. The molecule has 1 aliphatic rings. The predicted molar refractivity (Wildman–Crippen MR) is 108 cm³/mol. The van der Waals surface area contributed by atoms with E-state index in [0.29, 0.717) is 17.7 Å². The first-order chi connectivity index (χ1) is 14.6. The maximum atomic E-state index is 12.9. The van der Waals surface area contributed by atoms with Gasteiger partial charge in [-0.05, 0) is 49.4 Å². The van der Waals surface area contributed by atoms with Crippen LogP contribution >= 0.6 is 0 Å². The van der Waals surface area contributed by atoms with Crippen molar-refractivity contribution in [1.82, 2.24) is 10.3 Å². The van der Waals surface area contributed by atoms with Crippen molar-refractivity contribution >= 4 is 5.91 Å². The Morgan fingerprint density at radius 1 is 1.23 bits per heavy atom. The van der Waals surface area contributed by atoms with Crippen LogP contribution in [0.25, 0.3) is 11.1 Å². The third-order valence-corrected chi connectivity index (χ3v) is 5.23. The number of carbonyl (C=O) groups excluding carboxylic acids is 1. The Labute approximate surface area is 178 Å². The SMILES string of the molecule is COCCOc1ncc(C(=O)NC[C@@](C)(O)C2CC2)cc1-c1ccc(C(F)(F)F)cc1. The monoisotopic (exact) mass is 438 g/mol. The predicted octanol–water partition coefficient (Wildman–Crippen LogP) is 3.68. The van der Waals surface area contributed by atoms with Crippen LogP contribution in [-0.2, 0) is 10.9 Å². The average molecular weight is 438 g/mol. The standard InChI is InChI=1S/C22H25F3N2O4/c1-21(29,16-7-8-16)13-27-19(28)15-11-18(20(26-12-15)31-10-9-30-2)14-3-5-17(6-4-14)22(23,24)25/h3-6,11-12,16,29H,7-10,13H2,1-2H3,(H,27,28)/t21-/m1/s1. The highest BCUT2D eigenvalue weighted by Crippen LogP contribution is 2.39. The zero-order valence-electron chi connectivity index (χ0n) is 17.3. The number of aromatic nitrogens is 1. The number of carbonyl (C=O) groups is 1. The minimum absolute atomic E-state index is 0.0954. The smallest absolute Gasteiger partial charge is 0.416 e. The third kappa shape index (κ3) is 5.95. The first-order valence-electron chi connectivity index (χ1n) is 9.92. The summed E-state index contributed by atoms with van der Waals surface area (Å²) in [5.74, 6) is -0.0893. The molecule has 2 aromatic rings. The largest absolute Gasteiger partial charge is 0.475 e. The average Bonchev–Trinajstić information content (AvgIpc) is 3.58. The number of benzene rings is 1. The van der Waals surface area contributed by atoms with E-state index in [0.717, 1.165) is 25.0 Å². The van der Waals surface area contributed by atoms with Crippen LogP contribution in [0.1, 0.15) is 35.7 Å². The Morgan fingerprint density at radius 2 is 1.90 bits per heavy atom. The summed E-state index contributed by atoms with van der Waals surface area (Å²) in [5, 5.41) is 13.1. The molecule has 0 aliphatic heterocycles. The fourth-order valence-corrected chi connectivity index (χ4v) is 3.17. The van der Waals surface area contributed by atoms with Crippen LogP contribution in [0.4, 0.5) is 13.2 Å². The molecule has 1 aliphatic carbocycles. The summed E-state index contributed by atoms with van der Waals surface area (Å²) in [6.45, 7) is 2.27. The maximum absolute atomic E-state index is 12.9. The number of nitrogens with zero attached hydrogens (tertiary/aromatic N) is 1. The third-order valence-electron chi connectivity index (χ3n) is 5.23. The highest BCUT2D eigenvalue weighted by atomic mass is 19.4. The molecule has 1 heterocycles. The van der Waals surface area contributed by atoms with Gasteiger partial charge in [0.25, 0.3) is 5.91 Å². The van der Waals surface area contributed by atoms with Gasteiger partial charge in [-0.25, -0.2) is 4.98 Å². The lowest BCUT2D eigenvalue weighted by molar-refractivity contribution is -0.137. The van der Waals surface area contributed by atoms with E-state index < -0.39 is 23.2 Å². The van der Waals surface area contributed by atoms with Gasteiger partial charge in [0, 0.05) is 25.4 Å². The summed E-state index contributed by atoms with van der Waals surface area (Å²) in [6.07, 6.45) is -1.27. The Kier molecular flexibility index (Phi) is 6.86. The lowest BCUT2D eigenvalue weighted by atomic mass is 10.0. The fourth-order valence-electron chi connectivity index (χ4n) is 3.17. The zero-order valence-corrected chi connectivity index (χ0v) is 17.3. The molecule has 1 saturated carbocycles. The second-order valence-electron chi connectivity index (χ2n) is 7.81. The summed E-state index contributed by atoms with van der Waals surface area (Å²) in [4.78, 5) is 16.8. The number of amides is 1. The molecular formula is C22H25F3N2O4. The van der Waals surface area contributed by atoms with E-state index in [2.05, 4.69) is 10.3 Å². The van der Waals surface area contributed by atoms with Crippen molar-refractivity contribution in [3.05, 3.63) is 47.7 Å². The number of hydrogen-bond acceptors (Lipinski definition) is 5. The van der Waals surface area contributed by atoms with E-state index in [1.54, 1.807) is 6.92 Å². The lowest BCUT2D eigenvalue weighted by Crippen LogP contribution is -2.42. The number of ether oxygens (including phenoxy) is 2. The second kappa shape index (κ2) is 9.23. The summed E-state index contributed by atoms with van der Waals surface area (Å²) < 4.78 is 49.2. The maximum Gasteiger partial charge on any atom is 0.416 e. The van der Waals surface area contributed by atoms with Gasteiger partial charge >= 0.3 is 6.18 Å². The molecule has 2 N–H and O–H groups in total. The van der Waals surface area contributed by atoms with Gasteiger partial charge in [-0.2, -0.15) is 13.2 Å². The molecule has 0 radical (unpaired) electrons. The number of rotatable bonds is 9. The van der Waals surface area contributed by atoms with Crippen LogP contribution in [0.5, 0.6) is 5.88 Å². The molecule has 1 amide bonds. The molecule has 0 spiro atoms. The Balaban J connectivity index is 1.84.